The number of carbonyl (C=O) groups excluding carboxylic acids is 1. The normalized spacial score (nSPS) is 23.9. The molecule has 0 aliphatic carbocycles. The van der Waals surface area contributed by atoms with Crippen LogP contribution in [0, 0.1) is 6.92 Å². The van der Waals surface area contributed by atoms with Gasteiger partial charge in [0.1, 0.15) is 0 Å². The second-order valence-electron chi connectivity index (χ2n) is 5.93. The molecule has 1 heterocycles. The van der Waals surface area contributed by atoms with Crippen molar-refractivity contribution in [2.75, 3.05) is 17.3 Å². The first-order valence-corrected chi connectivity index (χ1v) is 9.90. The summed E-state index contributed by atoms with van der Waals surface area (Å²) in [5.74, 6) is 1.26. The molecule has 1 N–H and O–H groups in total. The SMILES string of the molecule is Cc1ccc(CSCC(=O)N[C@]2(C)CCS(=O)(=O)C2)cc1. The van der Waals surface area contributed by atoms with E-state index in [0.717, 1.165) is 5.75 Å². The largest absolute Gasteiger partial charge is 0.349 e. The highest BCUT2D eigenvalue weighted by molar-refractivity contribution is 7.99. The molecule has 4 nitrogen and oxygen atoms in total. The smallest absolute Gasteiger partial charge is 0.230 e. The lowest BCUT2D eigenvalue weighted by molar-refractivity contribution is -0.120. The van der Waals surface area contributed by atoms with Crippen LogP contribution in [0.5, 0.6) is 0 Å². The Labute approximate surface area is 130 Å². The number of rotatable bonds is 5. The fourth-order valence-corrected chi connectivity index (χ4v) is 5.31. The van der Waals surface area contributed by atoms with Crippen molar-refractivity contribution < 1.29 is 13.2 Å². The van der Waals surface area contributed by atoms with Crippen LogP contribution in [0.4, 0.5) is 0 Å². The second-order valence-corrected chi connectivity index (χ2v) is 9.10. The lowest BCUT2D eigenvalue weighted by Gasteiger charge is -2.23. The summed E-state index contributed by atoms with van der Waals surface area (Å²) < 4.78 is 23.0. The fourth-order valence-electron chi connectivity index (χ4n) is 2.43. The lowest BCUT2D eigenvalue weighted by Crippen LogP contribution is -2.47. The van der Waals surface area contributed by atoms with Gasteiger partial charge in [-0.3, -0.25) is 4.79 Å². The second kappa shape index (κ2) is 6.40. The van der Waals surface area contributed by atoms with Crippen LogP contribution in [-0.4, -0.2) is 37.1 Å². The van der Waals surface area contributed by atoms with E-state index in [1.165, 1.54) is 11.1 Å². The van der Waals surface area contributed by atoms with Crippen molar-refractivity contribution in [3.8, 4) is 0 Å². The summed E-state index contributed by atoms with van der Waals surface area (Å²) in [6.07, 6.45) is 0.504. The summed E-state index contributed by atoms with van der Waals surface area (Å²) >= 11 is 1.54. The van der Waals surface area contributed by atoms with Crippen LogP contribution in [0.15, 0.2) is 24.3 Å². The molecule has 0 spiro atoms. The highest BCUT2D eigenvalue weighted by Crippen LogP contribution is 2.23. The number of nitrogens with one attached hydrogen (secondary N) is 1. The highest BCUT2D eigenvalue weighted by Gasteiger charge is 2.39. The molecule has 21 heavy (non-hydrogen) atoms. The van der Waals surface area contributed by atoms with Gasteiger partial charge < -0.3 is 5.32 Å². The third kappa shape index (κ3) is 5.04. The van der Waals surface area contributed by atoms with E-state index >= 15 is 0 Å². The molecule has 1 aromatic carbocycles. The van der Waals surface area contributed by atoms with Crippen molar-refractivity contribution in [1.29, 1.82) is 0 Å². The number of benzene rings is 1. The van der Waals surface area contributed by atoms with E-state index in [1.807, 2.05) is 6.92 Å². The number of thioether (sulfide) groups is 1. The molecule has 116 valence electrons. The average Bonchev–Trinajstić information content (AvgIpc) is 2.65. The van der Waals surface area contributed by atoms with Gasteiger partial charge in [0.15, 0.2) is 9.84 Å². The van der Waals surface area contributed by atoms with E-state index in [-0.39, 0.29) is 17.4 Å². The lowest BCUT2D eigenvalue weighted by atomic mass is 10.0. The molecule has 1 fully saturated rings. The van der Waals surface area contributed by atoms with Gasteiger partial charge in [-0.05, 0) is 25.8 Å². The molecular formula is C15H21NO3S2. The highest BCUT2D eigenvalue weighted by atomic mass is 32.2. The first-order chi connectivity index (χ1) is 9.78. The number of carbonyl (C=O) groups is 1. The molecule has 1 saturated heterocycles. The van der Waals surface area contributed by atoms with Crippen molar-refractivity contribution in [2.45, 2.75) is 31.6 Å². The molecule has 1 aromatic rings. The van der Waals surface area contributed by atoms with Gasteiger partial charge in [0.05, 0.1) is 22.8 Å². The Hall–Kier alpha value is -1.01. The average molecular weight is 327 g/mol. The van der Waals surface area contributed by atoms with Crippen LogP contribution in [-0.2, 0) is 20.4 Å². The van der Waals surface area contributed by atoms with E-state index in [2.05, 4.69) is 29.6 Å². The Bertz CT molecular complexity index is 610. The monoisotopic (exact) mass is 327 g/mol. The topological polar surface area (TPSA) is 63.2 Å². The van der Waals surface area contributed by atoms with E-state index < -0.39 is 15.4 Å². The third-order valence-corrected chi connectivity index (χ3v) is 6.47. The van der Waals surface area contributed by atoms with Gasteiger partial charge in [-0.2, -0.15) is 0 Å². The van der Waals surface area contributed by atoms with Crippen LogP contribution in [0.3, 0.4) is 0 Å². The third-order valence-electron chi connectivity index (χ3n) is 3.57. The van der Waals surface area contributed by atoms with E-state index in [1.54, 1.807) is 18.7 Å². The van der Waals surface area contributed by atoms with E-state index in [0.29, 0.717) is 12.2 Å². The van der Waals surface area contributed by atoms with Crippen LogP contribution >= 0.6 is 11.8 Å². The van der Waals surface area contributed by atoms with Crippen molar-refractivity contribution in [3.63, 3.8) is 0 Å². The predicted octanol–water partition coefficient (Wildman–Crippen LogP) is 1.92. The summed E-state index contributed by atoms with van der Waals surface area (Å²) in [4.78, 5) is 11.9. The maximum absolute atomic E-state index is 11.9. The van der Waals surface area contributed by atoms with Crippen molar-refractivity contribution in [1.82, 2.24) is 5.32 Å². The Balaban J connectivity index is 1.76. The van der Waals surface area contributed by atoms with E-state index in [4.69, 9.17) is 0 Å². The first kappa shape index (κ1) is 16.4. The van der Waals surface area contributed by atoms with Crippen LogP contribution in [0.1, 0.15) is 24.5 Å². The van der Waals surface area contributed by atoms with Crippen LogP contribution < -0.4 is 5.32 Å². The molecule has 6 heteroatoms. The molecule has 1 aliphatic rings. The zero-order valence-electron chi connectivity index (χ0n) is 12.4. The van der Waals surface area contributed by atoms with Crippen molar-refractivity contribution in [3.05, 3.63) is 35.4 Å². The maximum Gasteiger partial charge on any atom is 0.230 e. The van der Waals surface area contributed by atoms with Gasteiger partial charge in [0, 0.05) is 5.75 Å². The summed E-state index contributed by atoms with van der Waals surface area (Å²) in [5, 5.41) is 2.87. The maximum atomic E-state index is 11.9. The van der Waals surface area contributed by atoms with Gasteiger partial charge >= 0.3 is 0 Å². The van der Waals surface area contributed by atoms with Gasteiger partial charge in [-0.25, -0.2) is 8.42 Å². The molecule has 1 aliphatic heterocycles. The number of amides is 1. The molecule has 1 atom stereocenters. The Morgan fingerprint density at radius 2 is 2.00 bits per heavy atom. The number of sulfone groups is 1. The standard InChI is InChI=1S/C15H21NO3S2/c1-12-3-5-13(6-4-12)9-20-10-14(17)16-15(2)7-8-21(18,19)11-15/h3-6H,7-11H2,1-2H3,(H,16,17)/t15-/m1/s1. The molecule has 0 saturated carbocycles. The predicted molar refractivity (Wildman–Crippen MR) is 87.2 cm³/mol. The molecule has 0 bridgehead atoms. The zero-order valence-corrected chi connectivity index (χ0v) is 14.0. The minimum absolute atomic E-state index is 0.0500. The summed E-state index contributed by atoms with van der Waals surface area (Å²) in [5.41, 5.74) is 1.81. The number of hydrogen-bond donors (Lipinski definition) is 1. The van der Waals surface area contributed by atoms with Crippen molar-refractivity contribution in [2.24, 2.45) is 0 Å². The minimum Gasteiger partial charge on any atom is -0.349 e. The molecular weight excluding hydrogens is 306 g/mol. The summed E-state index contributed by atoms with van der Waals surface area (Å²) in [7, 11) is -2.99. The van der Waals surface area contributed by atoms with Gasteiger partial charge in [0.2, 0.25) is 5.91 Å². The quantitative estimate of drug-likeness (QED) is 0.897. The Morgan fingerprint density at radius 3 is 2.57 bits per heavy atom. The summed E-state index contributed by atoms with van der Waals surface area (Å²) in [6.45, 7) is 3.85. The molecule has 0 unspecified atom stereocenters. The van der Waals surface area contributed by atoms with Crippen molar-refractivity contribution >= 4 is 27.5 Å². The van der Waals surface area contributed by atoms with Gasteiger partial charge in [-0.1, -0.05) is 29.8 Å². The Kier molecular flexibility index (Phi) is 4.99. The summed E-state index contributed by atoms with van der Waals surface area (Å²) in [6, 6.07) is 8.23. The van der Waals surface area contributed by atoms with Crippen LogP contribution in [0.25, 0.3) is 0 Å². The molecule has 0 radical (unpaired) electrons. The molecule has 0 aromatic heterocycles. The minimum atomic E-state index is -2.99. The first-order valence-electron chi connectivity index (χ1n) is 6.93. The Morgan fingerprint density at radius 1 is 1.33 bits per heavy atom. The van der Waals surface area contributed by atoms with Crippen LogP contribution in [0.2, 0.25) is 0 Å². The molecule has 1 amide bonds. The molecule has 2 rings (SSSR count). The number of aryl methyl sites for hydroxylation is 1. The fraction of sp³-hybridized carbons (Fsp3) is 0.533. The van der Waals surface area contributed by atoms with Gasteiger partial charge in [-0.15, -0.1) is 11.8 Å². The van der Waals surface area contributed by atoms with E-state index in [9.17, 15) is 13.2 Å². The zero-order chi connectivity index (χ0) is 15.5. The van der Waals surface area contributed by atoms with Gasteiger partial charge in [0.25, 0.3) is 0 Å². The number of hydrogen-bond acceptors (Lipinski definition) is 4.